The number of aromatic nitrogens is 2. The molecule has 0 bridgehead atoms. The van der Waals surface area contributed by atoms with Crippen molar-refractivity contribution in [1.82, 2.24) is 9.55 Å². The van der Waals surface area contributed by atoms with Gasteiger partial charge in [0.2, 0.25) is 5.78 Å². The lowest BCUT2D eigenvalue weighted by Crippen LogP contribution is -2.26. The monoisotopic (exact) mass is 343 g/mol. The number of carbonyl (C=O) groups excluding carboxylic acids is 2. The van der Waals surface area contributed by atoms with Crippen molar-refractivity contribution in [1.29, 1.82) is 0 Å². The smallest absolute Gasteiger partial charge is 0.419 e. The summed E-state index contributed by atoms with van der Waals surface area (Å²) in [6.07, 6.45) is 0.968. The van der Waals surface area contributed by atoms with Crippen LogP contribution in [0.1, 0.15) is 36.1 Å². The topological polar surface area (TPSA) is 87.2 Å². The zero-order valence-corrected chi connectivity index (χ0v) is 14.4. The summed E-state index contributed by atoms with van der Waals surface area (Å²) in [5.74, 6) is 0.0365. The second-order valence-corrected chi connectivity index (χ2v) is 7.18. The molecule has 0 aliphatic rings. The Balaban J connectivity index is 2.10. The van der Waals surface area contributed by atoms with E-state index in [2.05, 4.69) is 4.98 Å². The second kappa shape index (κ2) is 5.76. The summed E-state index contributed by atoms with van der Waals surface area (Å²) in [4.78, 5) is 29.2. The van der Waals surface area contributed by atoms with Gasteiger partial charge < -0.3 is 10.5 Å². The van der Waals surface area contributed by atoms with E-state index in [9.17, 15) is 9.59 Å². The normalized spacial score (nSPS) is 11.6. The molecule has 2 aromatic heterocycles. The van der Waals surface area contributed by atoms with Crippen molar-refractivity contribution in [2.75, 3.05) is 5.73 Å². The number of rotatable bonds is 2. The molecule has 6 nitrogen and oxygen atoms in total. The highest BCUT2D eigenvalue weighted by molar-refractivity contribution is 7.12. The number of fused-ring (bicyclic) bond motifs is 1. The number of nitrogens with two attached hydrogens (primary N) is 1. The largest absolute Gasteiger partial charge is 0.443 e. The summed E-state index contributed by atoms with van der Waals surface area (Å²) in [7, 11) is 0. The van der Waals surface area contributed by atoms with E-state index < -0.39 is 11.7 Å². The number of hydrogen-bond donors (Lipinski definition) is 1. The molecule has 124 valence electrons. The predicted molar refractivity (Wildman–Crippen MR) is 93.5 cm³/mol. The molecular weight excluding hydrogens is 326 g/mol. The van der Waals surface area contributed by atoms with Gasteiger partial charge in [0.25, 0.3) is 0 Å². The maximum Gasteiger partial charge on any atom is 0.419 e. The van der Waals surface area contributed by atoms with Gasteiger partial charge in [0.15, 0.2) is 5.01 Å². The molecule has 0 spiro atoms. The molecule has 0 saturated heterocycles. The van der Waals surface area contributed by atoms with E-state index in [1.54, 1.807) is 44.4 Å². The van der Waals surface area contributed by atoms with E-state index in [-0.39, 0.29) is 5.78 Å². The number of ketones is 1. The Morgan fingerprint density at radius 3 is 2.58 bits per heavy atom. The van der Waals surface area contributed by atoms with Crippen molar-refractivity contribution in [3.8, 4) is 0 Å². The molecule has 1 aromatic carbocycles. The molecule has 24 heavy (non-hydrogen) atoms. The first kappa shape index (κ1) is 16.2. The standard InChI is InChI=1S/C17H17N3O3S/c1-17(2,3)23-16(22)20-8-11(10-6-4-5-7-12(10)20)14(21)15-19-13(18)9-24-15/h4-9H,18H2,1-3H3. The van der Waals surface area contributed by atoms with Gasteiger partial charge in [-0.1, -0.05) is 18.2 Å². The van der Waals surface area contributed by atoms with Crippen molar-refractivity contribution in [2.24, 2.45) is 0 Å². The van der Waals surface area contributed by atoms with E-state index in [1.165, 1.54) is 22.1 Å². The third kappa shape index (κ3) is 3.03. The maximum atomic E-state index is 12.7. The maximum absolute atomic E-state index is 12.7. The van der Waals surface area contributed by atoms with E-state index in [0.717, 1.165) is 0 Å². The minimum absolute atomic E-state index is 0.268. The number of carbonyl (C=O) groups is 2. The Labute approximate surface area is 142 Å². The minimum atomic E-state index is -0.629. The Hall–Kier alpha value is -2.67. The first-order valence-electron chi connectivity index (χ1n) is 7.35. The number of nitrogen functional groups attached to an aromatic ring is 1. The van der Waals surface area contributed by atoms with E-state index in [4.69, 9.17) is 10.5 Å². The lowest BCUT2D eigenvalue weighted by molar-refractivity contribution is 0.0544. The van der Waals surface area contributed by atoms with Crippen LogP contribution in [0.3, 0.4) is 0 Å². The number of anilines is 1. The molecule has 0 atom stereocenters. The van der Waals surface area contributed by atoms with Gasteiger partial charge in [-0.25, -0.2) is 9.78 Å². The fourth-order valence-corrected chi connectivity index (χ4v) is 2.99. The molecule has 3 aromatic rings. The van der Waals surface area contributed by atoms with Crippen LogP contribution in [0.4, 0.5) is 10.6 Å². The molecule has 3 rings (SSSR count). The molecule has 0 amide bonds. The molecule has 0 unspecified atom stereocenters. The summed E-state index contributed by atoms with van der Waals surface area (Å²) < 4.78 is 6.77. The molecule has 0 aliphatic carbocycles. The number of ether oxygens (including phenoxy) is 1. The fourth-order valence-electron chi connectivity index (χ4n) is 2.33. The van der Waals surface area contributed by atoms with Crippen molar-refractivity contribution >= 4 is 39.9 Å². The number of para-hydroxylation sites is 1. The van der Waals surface area contributed by atoms with Gasteiger partial charge in [0, 0.05) is 17.0 Å². The summed E-state index contributed by atoms with van der Waals surface area (Å²) in [6.45, 7) is 5.38. The van der Waals surface area contributed by atoms with Crippen LogP contribution >= 0.6 is 11.3 Å². The van der Waals surface area contributed by atoms with Crippen molar-refractivity contribution in [2.45, 2.75) is 26.4 Å². The molecule has 2 N–H and O–H groups in total. The molecule has 7 heteroatoms. The van der Waals surface area contributed by atoms with Crippen LogP contribution in [0, 0.1) is 0 Å². The third-order valence-electron chi connectivity index (χ3n) is 3.26. The van der Waals surface area contributed by atoms with E-state index >= 15 is 0 Å². The van der Waals surface area contributed by atoms with Gasteiger partial charge in [0.05, 0.1) is 11.1 Å². The predicted octanol–water partition coefficient (Wildman–Crippen LogP) is 3.69. The van der Waals surface area contributed by atoms with Crippen molar-refractivity contribution in [3.63, 3.8) is 0 Å². The van der Waals surface area contributed by atoms with Gasteiger partial charge in [-0.15, -0.1) is 11.3 Å². The highest BCUT2D eigenvalue weighted by atomic mass is 32.1. The van der Waals surface area contributed by atoms with Gasteiger partial charge in [-0.05, 0) is 26.8 Å². The zero-order valence-electron chi connectivity index (χ0n) is 13.6. The summed E-state index contributed by atoms with van der Waals surface area (Å²) in [5.41, 5.74) is 5.97. The Bertz CT molecular complexity index is 934. The molecule has 0 radical (unpaired) electrons. The van der Waals surface area contributed by atoms with Crippen molar-refractivity contribution < 1.29 is 14.3 Å². The summed E-state index contributed by atoms with van der Waals surface area (Å²) in [6, 6.07) is 7.18. The van der Waals surface area contributed by atoms with Crippen LogP contribution in [-0.2, 0) is 4.74 Å². The Morgan fingerprint density at radius 2 is 1.96 bits per heavy atom. The third-order valence-corrected chi connectivity index (χ3v) is 4.12. The highest BCUT2D eigenvalue weighted by Gasteiger charge is 2.24. The number of nitrogens with zero attached hydrogens (tertiary/aromatic N) is 2. The molecule has 0 saturated carbocycles. The van der Waals surface area contributed by atoms with E-state index in [0.29, 0.717) is 27.3 Å². The van der Waals surface area contributed by atoms with Gasteiger partial charge in [-0.3, -0.25) is 9.36 Å². The lowest BCUT2D eigenvalue weighted by Gasteiger charge is -2.19. The zero-order chi connectivity index (χ0) is 17.5. The molecule has 2 heterocycles. The average Bonchev–Trinajstić information content (AvgIpc) is 3.09. The van der Waals surface area contributed by atoms with Crippen LogP contribution in [-0.4, -0.2) is 27.0 Å². The van der Waals surface area contributed by atoms with Gasteiger partial charge in [-0.2, -0.15) is 0 Å². The van der Waals surface area contributed by atoms with E-state index in [1.807, 2.05) is 6.07 Å². The second-order valence-electron chi connectivity index (χ2n) is 6.32. The molecule has 0 aliphatic heterocycles. The van der Waals surface area contributed by atoms with Crippen LogP contribution in [0.5, 0.6) is 0 Å². The SMILES string of the molecule is CC(C)(C)OC(=O)n1cc(C(=O)c2nc(N)cs2)c2ccccc21. The Morgan fingerprint density at radius 1 is 1.25 bits per heavy atom. The van der Waals surface area contributed by atoms with Crippen LogP contribution in [0.15, 0.2) is 35.8 Å². The van der Waals surface area contributed by atoms with Crippen LogP contribution in [0.25, 0.3) is 10.9 Å². The van der Waals surface area contributed by atoms with Gasteiger partial charge >= 0.3 is 6.09 Å². The first-order chi connectivity index (χ1) is 11.3. The number of hydrogen-bond acceptors (Lipinski definition) is 6. The minimum Gasteiger partial charge on any atom is -0.443 e. The van der Waals surface area contributed by atoms with Crippen molar-refractivity contribution in [3.05, 3.63) is 46.4 Å². The highest BCUT2D eigenvalue weighted by Crippen LogP contribution is 2.26. The molecular formula is C17H17N3O3S. The average molecular weight is 343 g/mol. The summed E-state index contributed by atoms with van der Waals surface area (Å²) >= 11 is 1.18. The van der Waals surface area contributed by atoms with Crippen LogP contribution < -0.4 is 5.73 Å². The quantitative estimate of drug-likeness (QED) is 0.717. The van der Waals surface area contributed by atoms with Crippen LogP contribution in [0.2, 0.25) is 0 Å². The lowest BCUT2D eigenvalue weighted by atomic mass is 10.1. The number of benzene rings is 1. The summed E-state index contributed by atoms with van der Waals surface area (Å²) in [5, 5.41) is 2.57. The Kier molecular flexibility index (Phi) is 3.88. The fraction of sp³-hybridized carbons (Fsp3) is 0.235. The first-order valence-corrected chi connectivity index (χ1v) is 8.23. The van der Waals surface area contributed by atoms with Gasteiger partial charge in [0.1, 0.15) is 11.4 Å². The number of thiazole rings is 1. The molecule has 0 fully saturated rings.